The van der Waals surface area contributed by atoms with Crippen molar-refractivity contribution < 1.29 is 13.2 Å². The Labute approximate surface area is 106 Å². The van der Waals surface area contributed by atoms with Gasteiger partial charge in [-0.05, 0) is 12.8 Å². The van der Waals surface area contributed by atoms with E-state index in [9.17, 15) is 8.42 Å². The van der Waals surface area contributed by atoms with Gasteiger partial charge in [0, 0.05) is 32.4 Å². The summed E-state index contributed by atoms with van der Waals surface area (Å²) in [6, 6.07) is 0. The molecule has 3 N–H and O–H groups in total. The van der Waals surface area contributed by atoms with Gasteiger partial charge in [-0.15, -0.1) is 0 Å². The Morgan fingerprint density at radius 2 is 2.22 bits per heavy atom. The second-order valence-corrected chi connectivity index (χ2v) is 6.40. The molecule has 0 unspecified atom stereocenters. The van der Waals surface area contributed by atoms with Gasteiger partial charge in [0.25, 0.3) is 0 Å². The Morgan fingerprint density at radius 1 is 1.56 bits per heavy atom. The predicted molar refractivity (Wildman–Crippen MR) is 67.2 cm³/mol. The van der Waals surface area contributed by atoms with Gasteiger partial charge in [0.1, 0.15) is 5.82 Å². The number of anilines is 1. The van der Waals surface area contributed by atoms with Gasteiger partial charge < -0.3 is 10.5 Å². The van der Waals surface area contributed by atoms with Crippen LogP contribution in [-0.2, 0) is 28.4 Å². The van der Waals surface area contributed by atoms with Gasteiger partial charge >= 0.3 is 0 Å². The van der Waals surface area contributed by atoms with E-state index in [-0.39, 0.29) is 11.8 Å². The Balaban J connectivity index is 1.98. The quantitative estimate of drug-likeness (QED) is 0.778. The molecule has 1 saturated heterocycles. The lowest BCUT2D eigenvalue weighted by molar-refractivity contribution is 0.0981. The summed E-state index contributed by atoms with van der Waals surface area (Å²) in [4.78, 5) is 0. The minimum atomic E-state index is -3.31. The number of sulfonamides is 1. The smallest absolute Gasteiger partial charge is 0.214 e. The molecule has 0 aliphatic carbocycles. The monoisotopic (exact) mass is 274 g/mol. The van der Waals surface area contributed by atoms with E-state index in [1.54, 1.807) is 13.2 Å². The van der Waals surface area contributed by atoms with Crippen molar-refractivity contribution >= 4 is 15.8 Å². The van der Waals surface area contributed by atoms with Gasteiger partial charge in [-0.25, -0.2) is 13.1 Å². The maximum Gasteiger partial charge on any atom is 0.214 e. The average Bonchev–Trinajstić information content (AvgIpc) is 2.69. The third-order valence-corrected chi connectivity index (χ3v) is 5.03. The summed E-state index contributed by atoms with van der Waals surface area (Å²) in [6.45, 7) is 1.18. The Morgan fingerprint density at radius 3 is 2.78 bits per heavy atom. The summed E-state index contributed by atoms with van der Waals surface area (Å²) in [5, 5.41) is 3.60. The fraction of sp³-hybridized carbons (Fsp3) is 0.700. The predicted octanol–water partition coefficient (Wildman–Crippen LogP) is -0.399. The summed E-state index contributed by atoms with van der Waals surface area (Å²) in [5.41, 5.74) is 6.44. The van der Waals surface area contributed by atoms with Crippen molar-refractivity contribution in [2.45, 2.75) is 24.6 Å². The van der Waals surface area contributed by atoms with E-state index in [1.165, 1.54) is 4.68 Å². The van der Waals surface area contributed by atoms with Crippen LogP contribution in [0.15, 0.2) is 6.20 Å². The first-order valence-electron chi connectivity index (χ1n) is 5.83. The molecule has 0 amide bonds. The summed E-state index contributed by atoms with van der Waals surface area (Å²) >= 11 is 0. The maximum absolute atomic E-state index is 12.0. The third-order valence-electron chi connectivity index (χ3n) is 3.14. The fourth-order valence-electron chi connectivity index (χ4n) is 1.91. The standard InChI is InChI=1S/C10H18N4O3S/c1-14-10(11)8(6-12-14)7-13-18(15,16)9-2-4-17-5-3-9/h6,9,13H,2-5,7,11H2,1H3. The lowest BCUT2D eigenvalue weighted by Crippen LogP contribution is -2.37. The van der Waals surface area contributed by atoms with E-state index >= 15 is 0 Å². The second-order valence-electron chi connectivity index (χ2n) is 4.36. The van der Waals surface area contributed by atoms with Crippen molar-refractivity contribution in [1.82, 2.24) is 14.5 Å². The Bertz CT molecular complexity index is 505. The first-order chi connectivity index (χ1) is 8.50. The van der Waals surface area contributed by atoms with Crippen molar-refractivity contribution in [1.29, 1.82) is 0 Å². The molecule has 0 spiro atoms. The molecule has 2 heterocycles. The normalized spacial score (nSPS) is 18.1. The van der Waals surface area contributed by atoms with Gasteiger partial charge in [-0.2, -0.15) is 5.10 Å². The first-order valence-corrected chi connectivity index (χ1v) is 7.38. The SMILES string of the molecule is Cn1ncc(CNS(=O)(=O)C2CCOCC2)c1N. The highest BCUT2D eigenvalue weighted by atomic mass is 32.2. The summed E-state index contributed by atoms with van der Waals surface area (Å²) in [7, 11) is -1.60. The molecule has 102 valence electrons. The largest absolute Gasteiger partial charge is 0.384 e. The number of aryl methyl sites for hydroxylation is 1. The van der Waals surface area contributed by atoms with Crippen LogP contribution in [0.4, 0.5) is 5.82 Å². The van der Waals surface area contributed by atoms with Crippen LogP contribution in [-0.4, -0.2) is 36.7 Å². The molecular weight excluding hydrogens is 256 g/mol. The molecule has 0 saturated carbocycles. The lowest BCUT2D eigenvalue weighted by Gasteiger charge is -2.22. The van der Waals surface area contributed by atoms with Crippen molar-refractivity contribution in [3.63, 3.8) is 0 Å². The highest BCUT2D eigenvalue weighted by Gasteiger charge is 2.27. The molecule has 7 nitrogen and oxygen atoms in total. The number of aromatic nitrogens is 2. The summed E-state index contributed by atoms with van der Waals surface area (Å²) in [6.07, 6.45) is 2.65. The zero-order valence-corrected chi connectivity index (χ0v) is 11.1. The molecule has 2 rings (SSSR count). The molecule has 1 fully saturated rings. The van der Waals surface area contributed by atoms with Crippen molar-refractivity contribution in [2.24, 2.45) is 7.05 Å². The van der Waals surface area contributed by atoms with Crippen molar-refractivity contribution in [3.8, 4) is 0 Å². The lowest BCUT2D eigenvalue weighted by atomic mass is 10.2. The molecule has 0 atom stereocenters. The Hall–Kier alpha value is -1.12. The number of hydrogen-bond donors (Lipinski definition) is 2. The number of nitrogens with one attached hydrogen (secondary N) is 1. The average molecular weight is 274 g/mol. The fourth-order valence-corrected chi connectivity index (χ4v) is 3.32. The maximum atomic E-state index is 12.0. The molecule has 1 aliphatic heterocycles. The minimum absolute atomic E-state index is 0.180. The van der Waals surface area contributed by atoms with Crippen LogP contribution in [0.25, 0.3) is 0 Å². The molecule has 18 heavy (non-hydrogen) atoms. The van der Waals surface area contributed by atoms with E-state index in [0.717, 1.165) is 0 Å². The summed E-state index contributed by atoms with van der Waals surface area (Å²) < 4.78 is 33.3. The zero-order chi connectivity index (χ0) is 13.2. The van der Waals surface area contributed by atoms with Gasteiger partial charge in [0.2, 0.25) is 10.0 Å². The van der Waals surface area contributed by atoms with Crippen molar-refractivity contribution in [3.05, 3.63) is 11.8 Å². The molecular formula is C10H18N4O3S. The summed E-state index contributed by atoms with van der Waals surface area (Å²) in [5.74, 6) is 0.477. The number of nitrogen functional groups attached to an aromatic ring is 1. The van der Waals surface area contributed by atoms with Crippen LogP contribution in [0.5, 0.6) is 0 Å². The molecule has 1 aromatic heterocycles. The Kier molecular flexibility index (Phi) is 3.88. The molecule has 0 aromatic carbocycles. The molecule has 1 aromatic rings. The van der Waals surface area contributed by atoms with E-state index in [0.29, 0.717) is 37.4 Å². The van der Waals surface area contributed by atoms with E-state index in [1.807, 2.05) is 0 Å². The van der Waals surface area contributed by atoms with Gasteiger partial charge in [0.05, 0.1) is 11.4 Å². The molecule has 1 aliphatic rings. The molecule has 8 heteroatoms. The van der Waals surface area contributed by atoms with Crippen LogP contribution >= 0.6 is 0 Å². The molecule has 0 bridgehead atoms. The van der Waals surface area contributed by atoms with Crippen LogP contribution < -0.4 is 10.5 Å². The van der Waals surface area contributed by atoms with Gasteiger partial charge in [0.15, 0.2) is 0 Å². The zero-order valence-electron chi connectivity index (χ0n) is 10.3. The second kappa shape index (κ2) is 5.25. The van der Waals surface area contributed by atoms with E-state index in [2.05, 4.69) is 9.82 Å². The topological polar surface area (TPSA) is 99.2 Å². The molecule has 0 radical (unpaired) electrons. The minimum Gasteiger partial charge on any atom is -0.384 e. The van der Waals surface area contributed by atoms with E-state index < -0.39 is 10.0 Å². The van der Waals surface area contributed by atoms with Crippen LogP contribution in [0.1, 0.15) is 18.4 Å². The highest BCUT2D eigenvalue weighted by Crippen LogP contribution is 2.16. The van der Waals surface area contributed by atoms with E-state index in [4.69, 9.17) is 10.5 Å². The number of hydrogen-bond acceptors (Lipinski definition) is 5. The number of nitrogens with zero attached hydrogens (tertiary/aromatic N) is 2. The van der Waals surface area contributed by atoms with Crippen LogP contribution in [0.2, 0.25) is 0 Å². The van der Waals surface area contributed by atoms with Gasteiger partial charge in [-0.1, -0.05) is 0 Å². The van der Waals surface area contributed by atoms with Crippen LogP contribution in [0, 0.1) is 0 Å². The van der Waals surface area contributed by atoms with Gasteiger partial charge in [-0.3, -0.25) is 4.68 Å². The first kappa shape index (κ1) is 13.3. The number of rotatable bonds is 4. The van der Waals surface area contributed by atoms with Crippen molar-refractivity contribution in [2.75, 3.05) is 18.9 Å². The number of nitrogens with two attached hydrogens (primary N) is 1. The van der Waals surface area contributed by atoms with Crippen LogP contribution in [0.3, 0.4) is 0 Å². The highest BCUT2D eigenvalue weighted by molar-refractivity contribution is 7.90. The third kappa shape index (κ3) is 2.82. The number of ether oxygens (including phenoxy) is 1.